The van der Waals surface area contributed by atoms with E-state index in [1.54, 1.807) is 7.11 Å². The van der Waals surface area contributed by atoms with Crippen LogP contribution >= 0.6 is 0 Å². The van der Waals surface area contributed by atoms with Crippen molar-refractivity contribution in [3.05, 3.63) is 59.7 Å². The minimum absolute atomic E-state index is 0.0407. The summed E-state index contributed by atoms with van der Waals surface area (Å²) in [5.74, 6) is 1.54. The van der Waals surface area contributed by atoms with E-state index in [0.29, 0.717) is 6.61 Å². The summed E-state index contributed by atoms with van der Waals surface area (Å²) in [4.78, 5) is 0. The SMILES string of the molecule is COc1cccc(C(CO)COc2ccc(C)cc2)c1. The molecule has 106 valence electrons. The zero-order chi connectivity index (χ0) is 14.4. The molecule has 0 spiro atoms. The predicted octanol–water partition coefficient (Wildman–Crippen LogP) is 3.16. The standard InChI is InChI=1S/C17H20O3/c1-13-6-8-16(9-7-13)20-12-15(11-18)14-4-3-5-17(10-14)19-2/h3-10,15,18H,11-12H2,1-2H3. The van der Waals surface area contributed by atoms with Crippen molar-refractivity contribution in [1.82, 2.24) is 0 Å². The molecule has 0 aliphatic heterocycles. The second-order valence-electron chi connectivity index (χ2n) is 4.78. The lowest BCUT2D eigenvalue weighted by Gasteiger charge is -2.16. The average molecular weight is 272 g/mol. The van der Waals surface area contributed by atoms with Gasteiger partial charge in [0.15, 0.2) is 0 Å². The van der Waals surface area contributed by atoms with Crippen molar-refractivity contribution >= 4 is 0 Å². The summed E-state index contributed by atoms with van der Waals surface area (Å²) in [6.07, 6.45) is 0. The molecule has 0 amide bonds. The van der Waals surface area contributed by atoms with Crippen LogP contribution in [0.4, 0.5) is 0 Å². The fourth-order valence-electron chi connectivity index (χ4n) is 1.98. The number of methoxy groups -OCH3 is 1. The molecule has 0 aliphatic carbocycles. The Morgan fingerprint density at radius 2 is 1.80 bits per heavy atom. The summed E-state index contributed by atoms with van der Waals surface area (Å²) >= 11 is 0. The van der Waals surface area contributed by atoms with E-state index in [1.807, 2.05) is 55.5 Å². The third kappa shape index (κ3) is 3.75. The molecule has 0 aliphatic rings. The highest BCUT2D eigenvalue weighted by molar-refractivity contribution is 5.31. The Labute approximate surface area is 119 Å². The van der Waals surface area contributed by atoms with Crippen molar-refractivity contribution in [2.24, 2.45) is 0 Å². The van der Waals surface area contributed by atoms with Crippen molar-refractivity contribution in [1.29, 1.82) is 0 Å². The minimum atomic E-state index is -0.0635. The van der Waals surface area contributed by atoms with E-state index in [0.717, 1.165) is 17.1 Å². The fourth-order valence-corrected chi connectivity index (χ4v) is 1.98. The van der Waals surface area contributed by atoms with Crippen LogP contribution < -0.4 is 9.47 Å². The third-order valence-electron chi connectivity index (χ3n) is 3.26. The molecule has 2 rings (SSSR count). The van der Waals surface area contributed by atoms with Gasteiger partial charge in [-0.1, -0.05) is 29.8 Å². The van der Waals surface area contributed by atoms with Gasteiger partial charge >= 0.3 is 0 Å². The molecular formula is C17H20O3. The van der Waals surface area contributed by atoms with Gasteiger partial charge in [0, 0.05) is 5.92 Å². The number of aryl methyl sites for hydroxylation is 1. The number of rotatable bonds is 6. The Morgan fingerprint density at radius 3 is 2.45 bits per heavy atom. The Hall–Kier alpha value is -2.00. The topological polar surface area (TPSA) is 38.7 Å². The minimum Gasteiger partial charge on any atom is -0.497 e. The quantitative estimate of drug-likeness (QED) is 0.878. The zero-order valence-electron chi connectivity index (χ0n) is 11.9. The average Bonchev–Trinajstić information content (AvgIpc) is 2.50. The number of aliphatic hydroxyl groups is 1. The zero-order valence-corrected chi connectivity index (χ0v) is 11.9. The first kappa shape index (κ1) is 14.4. The van der Waals surface area contributed by atoms with E-state index in [-0.39, 0.29) is 12.5 Å². The summed E-state index contributed by atoms with van der Waals surface area (Å²) < 4.78 is 10.9. The van der Waals surface area contributed by atoms with Gasteiger partial charge in [-0.3, -0.25) is 0 Å². The van der Waals surface area contributed by atoms with Crippen molar-refractivity contribution in [2.75, 3.05) is 20.3 Å². The van der Waals surface area contributed by atoms with E-state index >= 15 is 0 Å². The molecule has 0 saturated heterocycles. The smallest absolute Gasteiger partial charge is 0.119 e. The molecule has 0 saturated carbocycles. The van der Waals surface area contributed by atoms with Crippen LogP contribution in [0, 0.1) is 6.92 Å². The van der Waals surface area contributed by atoms with Crippen LogP contribution in [0.5, 0.6) is 11.5 Å². The lowest BCUT2D eigenvalue weighted by Crippen LogP contribution is -2.14. The number of hydrogen-bond donors (Lipinski definition) is 1. The van der Waals surface area contributed by atoms with Gasteiger partial charge in [-0.2, -0.15) is 0 Å². The summed E-state index contributed by atoms with van der Waals surface area (Å²) in [5.41, 5.74) is 2.21. The first-order valence-electron chi connectivity index (χ1n) is 6.67. The van der Waals surface area contributed by atoms with E-state index in [4.69, 9.17) is 9.47 Å². The van der Waals surface area contributed by atoms with Crippen LogP contribution in [0.3, 0.4) is 0 Å². The molecule has 3 nitrogen and oxygen atoms in total. The molecule has 1 unspecified atom stereocenters. The van der Waals surface area contributed by atoms with Crippen LogP contribution in [0.2, 0.25) is 0 Å². The van der Waals surface area contributed by atoms with Crippen LogP contribution in [-0.2, 0) is 0 Å². The second-order valence-corrected chi connectivity index (χ2v) is 4.78. The molecule has 20 heavy (non-hydrogen) atoms. The van der Waals surface area contributed by atoms with Crippen molar-refractivity contribution in [3.63, 3.8) is 0 Å². The van der Waals surface area contributed by atoms with Gasteiger partial charge in [-0.05, 0) is 36.8 Å². The van der Waals surface area contributed by atoms with Crippen molar-refractivity contribution in [2.45, 2.75) is 12.8 Å². The maximum atomic E-state index is 9.54. The summed E-state index contributed by atoms with van der Waals surface area (Å²) in [6, 6.07) is 15.6. The Bertz CT molecular complexity index is 534. The molecule has 0 heterocycles. The lowest BCUT2D eigenvalue weighted by atomic mass is 10.0. The van der Waals surface area contributed by atoms with Gasteiger partial charge in [0.2, 0.25) is 0 Å². The molecule has 0 aromatic heterocycles. The van der Waals surface area contributed by atoms with Gasteiger partial charge in [0.05, 0.1) is 20.3 Å². The second kappa shape index (κ2) is 6.96. The normalized spacial score (nSPS) is 11.9. The maximum Gasteiger partial charge on any atom is 0.119 e. The Kier molecular flexibility index (Phi) is 5.02. The molecule has 2 aromatic rings. The number of ether oxygens (including phenoxy) is 2. The third-order valence-corrected chi connectivity index (χ3v) is 3.26. The summed E-state index contributed by atoms with van der Waals surface area (Å²) in [5, 5.41) is 9.54. The Morgan fingerprint density at radius 1 is 1.05 bits per heavy atom. The molecule has 1 N–H and O–H groups in total. The van der Waals surface area contributed by atoms with Gasteiger partial charge < -0.3 is 14.6 Å². The van der Waals surface area contributed by atoms with Crippen LogP contribution in [0.15, 0.2) is 48.5 Å². The molecule has 1 atom stereocenters. The van der Waals surface area contributed by atoms with Crippen molar-refractivity contribution < 1.29 is 14.6 Å². The highest BCUT2D eigenvalue weighted by Crippen LogP contribution is 2.22. The van der Waals surface area contributed by atoms with Crippen LogP contribution in [0.25, 0.3) is 0 Å². The fraction of sp³-hybridized carbons (Fsp3) is 0.294. The largest absolute Gasteiger partial charge is 0.497 e. The summed E-state index contributed by atoms with van der Waals surface area (Å²) in [6.45, 7) is 2.52. The maximum absolute atomic E-state index is 9.54. The molecule has 0 radical (unpaired) electrons. The van der Waals surface area contributed by atoms with Gasteiger partial charge in [0.25, 0.3) is 0 Å². The van der Waals surface area contributed by atoms with E-state index < -0.39 is 0 Å². The molecule has 2 aromatic carbocycles. The van der Waals surface area contributed by atoms with E-state index in [2.05, 4.69) is 0 Å². The molecular weight excluding hydrogens is 252 g/mol. The number of aliphatic hydroxyl groups excluding tert-OH is 1. The molecule has 0 bridgehead atoms. The van der Waals surface area contributed by atoms with Gasteiger partial charge in [0.1, 0.15) is 11.5 Å². The Balaban J connectivity index is 2.03. The number of benzene rings is 2. The predicted molar refractivity (Wildman–Crippen MR) is 79.5 cm³/mol. The molecule has 0 fully saturated rings. The van der Waals surface area contributed by atoms with E-state index in [1.165, 1.54) is 5.56 Å². The first-order valence-corrected chi connectivity index (χ1v) is 6.67. The van der Waals surface area contributed by atoms with Crippen molar-refractivity contribution in [3.8, 4) is 11.5 Å². The monoisotopic (exact) mass is 272 g/mol. The lowest BCUT2D eigenvalue weighted by molar-refractivity contribution is 0.205. The van der Waals surface area contributed by atoms with E-state index in [9.17, 15) is 5.11 Å². The first-order chi connectivity index (χ1) is 9.72. The number of hydrogen-bond acceptors (Lipinski definition) is 3. The van der Waals surface area contributed by atoms with Crippen LogP contribution in [-0.4, -0.2) is 25.4 Å². The highest BCUT2D eigenvalue weighted by atomic mass is 16.5. The molecule has 3 heteroatoms. The summed E-state index contributed by atoms with van der Waals surface area (Å²) in [7, 11) is 1.63. The van der Waals surface area contributed by atoms with Gasteiger partial charge in [-0.15, -0.1) is 0 Å². The highest BCUT2D eigenvalue weighted by Gasteiger charge is 2.12. The van der Waals surface area contributed by atoms with Crippen LogP contribution in [0.1, 0.15) is 17.0 Å². The van der Waals surface area contributed by atoms with Gasteiger partial charge in [-0.25, -0.2) is 0 Å².